The number of hydrogen-bond donors (Lipinski definition) is 1. The molecule has 5 rings (SSSR count). The standard InChI is InChI=1S/C21H30N2O2/c1-2-11-24-17(3-1)14-23-10-12-25-19-13-16-6-8-22-9-7-18(16)20(21(19)23)15-4-5-15/h13,15,17,22H,1-12,14H2/t17-/m1/s1. The topological polar surface area (TPSA) is 33.7 Å². The lowest BCUT2D eigenvalue weighted by molar-refractivity contribution is 0.0203. The molecule has 1 saturated carbocycles. The van der Waals surface area contributed by atoms with Crippen molar-refractivity contribution in [3.63, 3.8) is 0 Å². The second-order valence-corrected chi connectivity index (χ2v) is 8.08. The first-order chi connectivity index (χ1) is 12.4. The van der Waals surface area contributed by atoms with Crippen molar-refractivity contribution >= 4 is 5.69 Å². The number of nitrogens with zero attached hydrogens (tertiary/aromatic N) is 1. The third kappa shape index (κ3) is 3.15. The van der Waals surface area contributed by atoms with Gasteiger partial charge in [0.1, 0.15) is 12.4 Å². The number of nitrogens with one attached hydrogen (secondary N) is 1. The van der Waals surface area contributed by atoms with Crippen LogP contribution in [0.25, 0.3) is 0 Å². The molecule has 1 aliphatic carbocycles. The molecule has 136 valence electrons. The molecular weight excluding hydrogens is 312 g/mol. The molecule has 4 aliphatic rings. The zero-order valence-electron chi connectivity index (χ0n) is 15.2. The lowest BCUT2D eigenvalue weighted by Crippen LogP contribution is -2.41. The number of benzene rings is 1. The van der Waals surface area contributed by atoms with Crippen molar-refractivity contribution in [1.82, 2.24) is 5.32 Å². The van der Waals surface area contributed by atoms with Crippen molar-refractivity contribution in [3.8, 4) is 5.75 Å². The van der Waals surface area contributed by atoms with Crippen LogP contribution in [0.3, 0.4) is 0 Å². The van der Waals surface area contributed by atoms with Gasteiger partial charge >= 0.3 is 0 Å². The molecule has 1 aromatic rings. The van der Waals surface area contributed by atoms with Crippen molar-refractivity contribution in [3.05, 3.63) is 22.8 Å². The van der Waals surface area contributed by atoms with Gasteiger partial charge in [0.2, 0.25) is 0 Å². The summed E-state index contributed by atoms with van der Waals surface area (Å²) in [5.41, 5.74) is 6.21. The summed E-state index contributed by atoms with van der Waals surface area (Å²) >= 11 is 0. The van der Waals surface area contributed by atoms with Gasteiger partial charge in [0.25, 0.3) is 0 Å². The Kier molecular flexibility index (Phi) is 4.34. The molecule has 1 saturated heterocycles. The molecule has 1 N–H and O–H groups in total. The van der Waals surface area contributed by atoms with Gasteiger partial charge in [-0.1, -0.05) is 0 Å². The maximum absolute atomic E-state index is 6.17. The van der Waals surface area contributed by atoms with Crippen molar-refractivity contribution in [2.45, 2.75) is 57.0 Å². The molecule has 3 aliphatic heterocycles. The maximum atomic E-state index is 6.17. The number of rotatable bonds is 3. The van der Waals surface area contributed by atoms with E-state index < -0.39 is 0 Å². The normalized spacial score (nSPS) is 26.4. The van der Waals surface area contributed by atoms with Gasteiger partial charge in [-0.25, -0.2) is 0 Å². The van der Waals surface area contributed by atoms with Crippen molar-refractivity contribution < 1.29 is 9.47 Å². The van der Waals surface area contributed by atoms with E-state index in [1.165, 1.54) is 49.8 Å². The third-order valence-corrected chi connectivity index (χ3v) is 6.25. The summed E-state index contributed by atoms with van der Waals surface area (Å²) in [7, 11) is 0. The SMILES string of the molecule is c1c2c(c(C3CC3)c3c1OCCN3C[C@H]1CCCCO1)CCNCC2. The first kappa shape index (κ1) is 16.0. The van der Waals surface area contributed by atoms with Crippen LogP contribution in [-0.4, -0.2) is 45.5 Å². The van der Waals surface area contributed by atoms with Crippen molar-refractivity contribution in [1.29, 1.82) is 0 Å². The highest BCUT2D eigenvalue weighted by molar-refractivity contribution is 5.71. The van der Waals surface area contributed by atoms with E-state index in [1.54, 1.807) is 11.1 Å². The van der Waals surface area contributed by atoms with E-state index in [0.717, 1.165) is 57.5 Å². The average Bonchev–Trinajstić information content (AvgIpc) is 3.48. The summed E-state index contributed by atoms with van der Waals surface area (Å²) in [5.74, 6) is 1.91. The molecule has 4 heteroatoms. The highest BCUT2D eigenvalue weighted by atomic mass is 16.5. The van der Waals surface area contributed by atoms with Crippen LogP contribution in [-0.2, 0) is 17.6 Å². The molecule has 4 nitrogen and oxygen atoms in total. The summed E-state index contributed by atoms with van der Waals surface area (Å²) in [5, 5.41) is 3.57. The lowest BCUT2D eigenvalue weighted by atomic mass is 9.90. The Morgan fingerprint density at radius 1 is 1.08 bits per heavy atom. The Morgan fingerprint density at radius 2 is 2.00 bits per heavy atom. The number of anilines is 1. The van der Waals surface area contributed by atoms with E-state index in [2.05, 4.69) is 16.3 Å². The van der Waals surface area contributed by atoms with Gasteiger partial charge < -0.3 is 19.7 Å². The number of fused-ring (bicyclic) bond motifs is 2. The minimum atomic E-state index is 0.396. The third-order valence-electron chi connectivity index (χ3n) is 6.25. The Bertz CT molecular complexity index is 635. The summed E-state index contributed by atoms with van der Waals surface area (Å²) in [6, 6.07) is 2.36. The first-order valence-corrected chi connectivity index (χ1v) is 10.3. The second kappa shape index (κ2) is 6.81. The highest BCUT2D eigenvalue weighted by Gasteiger charge is 2.36. The molecule has 0 bridgehead atoms. The predicted octanol–water partition coefficient (Wildman–Crippen LogP) is 3.02. The highest BCUT2D eigenvalue weighted by Crippen LogP contribution is 2.51. The number of ether oxygens (including phenoxy) is 2. The fraction of sp³-hybridized carbons (Fsp3) is 0.714. The molecule has 0 radical (unpaired) electrons. The average molecular weight is 342 g/mol. The predicted molar refractivity (Wildman–Crippen MR) is 100.0 cm³/mol. The summed E-state index contributed by atoms with van der Waals surface area (Å²) in [4.78, 5) is 2.60. The Hall–Kier alpha value is -1.26. The quantitative estimate of drug-likeness (QED) is 0.915. The molecule has 1 atom stereocenters. The zero-order chi connectivity index (χ0) is 16.6. The van der Waals surface area contributed by atoms with Crippen LogP contribution in [0.2, 0.25) is 0 Å². The monoisotopic (exact) mass is 342 g/mol. The van der Waals surface area contributed by atoms with Gasteiger partial charge in [-0.2, -0.15) is 0 Å². The Morgan fingerprint density at radius 3 is 2.84 bits per heavy atom. The molecule has 2 fully saturated rings. The van der Waals surface area contributed by atoms with Crippen LogP contribution >= 0.6 is 0 Å². The van der Waals surface area contributed by atoms with E-state index in [4.69, 9.17) is 9.47 Å². The van der Waals surface area contributed by atoms with Gasteiger partial charge in [0, 0.05) is 13.2 Å². The first-order valence-electron chi connectivity index (χ1n) is 10.3. The minimum Gasteiger partial charge on any atom is -0.490 e. The fourth-order valence-electron chi connectivity index (χ4n) is 4.85. The lowest BCUT2D eigenvalue weighted by Gasteiger charge is -2.37. The molecule has 1 aromatic carbocycles. The molecule has 0 spiro atoms. The summed E-state index contributed by atoms with van der Waals surface area (Å²) in [6.45, 7) is 5.98. The van der Waals surface area contributed by atoms with E-state index in [-0.39, 0.29) is 0 Å². The van der Waals surface area contributed by atoms with E-state index in [0.29, 0.717) is 6.10 Å². The van der Waals surface area contributed by atoms with E-state index in [9.17, 15) is 0 Å². The fourth-order valence-corrected chi connectivity index (χ4v) is 4.85. The second-order valence-electron chi connectivity index (χ2n) is 8.08. The van der Waals surface area contributed by atoms with Crippen LogP contribution in [0.4, 0.5) is 5.69 Å². The molecule has 3 heterocycles. The van der Waals surface area contributed by atoms with E-state index in [1.807, 2.05) is 0 Å². The maximum Gasteiger partial charge on any atom is 0.143 e. The van der Waals surface area contributed by atoms with Crippen LogP contribution < -0.4 is 15.0 Å². The summed E-state index contributed by atoms with van der Waals surface area (Å²) in [6.07, 6.45) is 9.15. The smallest absolute Gasteiger partial charge is 0.143 e. The molecule has 0 unspecified atom stereocenters. The largest absolute Gasteiger partial charge is 0.490 e. The van der Waals surface area contributed by atoms with Gasteiger partial charge in [-0.3, -0.25) is 0 Å². The number of hydrogen-bond acceptors (Lipinski definition) is 4. The van der Waals surface area contributed by atoms with Gasteiger partial charge in [-0.05, 0) is 86.7 Å². The molecular formula is C21H30N2O2. The van der Waals surface area contributed by atoms with Crippen LogP contribution in [0.5, 0.6) is 5.75 Å². The molecule has 25 heavy (non-hydrogen) atoms. The van der Waals surface area contributed by atoms with Gasteiger partial charge in [-0.15, -0.1) is 0 Å². The van der Waals surface area contributed by atoms with Crippen molar-refractivity contribution in [2.75, 3.05) is 44.3 Å². The van der Waals surface area contributed by atoms with Gasteiger partial charge in [0.05, 0.1) is 18.3 Å². The van der Waals surface area contributed by atoms with Gasteiger partial charge in [0.15, 0.2) is 0 Å². The zero-order valence-corrected chi connectivity index (χ0v) is 15.2. The van der Waals surface area contributed by atoms with Crippen molar-refractivity contribution in [2.24, 2.45) is 0 Å². The Labute approximate surface area is 150 Å². The molecule has 0 aromatic heterocycles. The van der Waals surface area contributed by atoms with Crippen LogP contribution in [0.15, 0.2) is 6.07 Å². The Balaban J connectivity index is 1.53. The molecule has 0 amide bonds. The van der Waals surface area contributed by atoms with Crippen LogP contribution in [0.1, 0.15) is 54.7 Å². The minimum absolute atomic E-state index is 0.396. The van der Waals surface area contributed by atoms with E-state index >= 15 is 0 Å². The summed E-state index contributed by atoms with van der Waals surface area (Å²) < 4.78 is 12.2. The van der Waals surface area contributed by atoms with Crippen LogP contribution in [0, 0.1) is 0 Å².